The molecule has 0 spiro atoms. The minimum absolute atomic E-state index is 0.0976. The van der Waals surface area contributed by atoms with Crippen LogP contribution in [0, 0.1) is 12.7 Å². The van der Waals surface area contributed by atoms with Gasteiger partial charge in [-0.3, -0.25) is 10.1 Å². The lowest BCUT2D eigenvalue weighted by atomic mass is 10.2. The molecule has 0 fully saturated rings. The van der Waals surface area contributed by atoms with Gasteiger partial charge >= 0.3 is 12.0 Å². The highest BCUT2D eigenvalue weighted by Crippen LogP contribution is 2.24. The van der Waals surface area contributed by atoms with E-state index in [1.54, 1.807) is 19.1 Å². The van der Waals surface area contributed by atoms with Crippen molar-refractivity contribution in [1.29, 1.82) is 0 Å². The monoisotopic (exact) mass is 460 g/mol. The van der Waals surface area contributed by atoms with Gasteiger partial charge in [-0.15, -0.1) is 0 Å². The molecule has 0 unspecified atom stereocenters. The largest absolute Gasteiger partial charge is 0.467 e. The molecule has 0 atom stereocenters. The Bertz CT molecular complexity index is 1140. The van der Waals surface area contributed by atoms with Crippen LogP contribution in [0.4, 0.5) is 9.18 Å². The molecule has 0 aliphatic carbocycles. The van der Waals surface area contributed by atoms with Gasteiger partial charge in [-0.2, -0.15) is 5.10 Å². The standard InChI is InChI=1S/C21H18ClFN4O5/c1-13-17(20(22)27(26-13)15-6-4-14(23)5-7-15)8-9-19(29)32-12-18(28)25-21(30)24-11-16-3-2-10-31-16/h2-10H,11-12H2,1H3,(H2,24,25,28,30)/b9-8+. The van der Waals surface area contributed by atoms with E-state index in [1.807, 2.05) is 5.32 Å². The van der Waals surface area contributed by atoms with E-state index < -0.39 is 30.3 Å². The number of aryl methyl sites for hydroxylation is 1. The zero-order valence-electron chi connectivity index (χ0n) is 16.8. The quantitative estimate of drug-likeness (QED) is 0.413. The van der Waals surface area contributed by atoms with Gasteiger partial charge in [0, 0.05) is 11.6 Å². The van der Waals surface area contributed by atoms with Crippen molar-refractivity contribution >= 4 is 35.6 Å². The van der Waals surface area contributed by atoms with E-state index in [9.17, 15) is 18.8 Å². The second-order valence-electron chi connectivity index (χ2n) is 6.43. The predicted molar refractivity (Wildman–Crippen MR) is 112 cm³/mol. The predicted octanol–water partition coefficient (Wildman–Crippen LogP) is 3.15. The third-order valence-electron chi connectivity index (χ3n) is 4.11. The van der Waals surface area contributed by atoms with Gasteiger partial charge in [0.2, 0.25) is 0 Å². The number of ether oxygens (including phenoxy) is 1. The van der Waals surface area contributed by atoms with Gasteiger partial charge in [-0.25, -0.2) is 18.7 Å². The van der Waals surface area contributed by atoms with Gasteiger partial charge in [-0.05, 0) is 49.4 Å². The fourth-order valence-electron chi connectivity index (χ4n) is 2.58. The smallest absolute Gasteiger partial charge is 0.331 e. The average Bonchev–Trinajstić information content (AvgIpc) is 3.38. The molecule has 2 N–H and O–H groups in total. The van der Waals surface area contributed by atoms with Crippen molar-refractivity contribution in [3.63, 3.8) is 0 Å². The molecule has 0 radical (unpaired) electrons. The van der Waals surface area contributed by atoms with E-state index in [2.05, 4.69) is 10.4 Å². The summed E-state index contributed by atoms with van der Waals surface area (Å²) in [6.45, 7) is 1.13. The summed E-state index contributed by atoms with van der Waals surface area (Å²) in [5, 5.41) is 8.93. The zero-order valence-corrected chi connectivity index (χ0v) is 17.6. The van der Waals surface area contributed by atoms with Gasteiger partial charge < -0.3 is 14.5 Å². The number of urea groups is 1. The van der Waals surface area contributed by atoms with Crippen LogP contribution in [0.5, 0.6) is 0 Å². The Morgan fingerprint density at radius 3 is 2.69 bits per heavy atom. The third kappa shape index (κ3) is 6.05. The number of hydrogen-bond acceptors (Lipinski definition) is 6. The second kappa shape index (κ2) is 10.4. The number of carbonyl (C=O) groups is 3. The molecule has 2 aromatic heterocycles. The van der Waals surface area contributed by atoms with Crippen LogP contribution >= 0.6 is 11.6 Å². The number of amides is 3. The first-order valence-corrected chi connectivity index (χ1v) is 9.67. The maximum absolute atomic E-state index is 13.1. The van der Waals surface area contributed by atoms with Crippen LogP contribution in [0.3, 0.4) is 0 Å². The highest BCUT2D eigenvalue weighted by Gasteiger charge is 2.14. The Hall–Kier alpha value is -3.92. The van der Waals surface area contributed by atoms with Crippen molar-refractivity contribution in [3.8, 4) is 5.69 Å². The Balaban J connectivity index is 1.50. The molecule has 9 nitrogen and oxygen atoms in total. The lowest BCUT2D eigenvalue weighted by Crippen LogP contribution is -2.41. The van der Waals surface area contributed by atoms with Crippen molar-refractivity contribution < 1.29 is 27.9 Å². The number of nitrogens with zero attached hydrogens (tertiary/aromatic N) is 2. The molecule has 0 saturated carbocycles. The van der Waals surface area contributed by atoms with Crippen LogP contribution in [-0.2, 0) is 20.9 Å². The van der Waals surface area contributed by atoms with Gasteiger partial charge in [0.05, 0.1) is 24.2 Å². The fourth-order valence-corrected chi connectivity index (χ4v) is 2.91. The number of carbonyl (C=O) groups excluding carboxylic acids is 3. The third-order valence-corrected chi connectivity index (χ3v) is 4.47. The number of esters is 1. The van der Waals surface area contributed by atoms with E-state index in [-0.39, 0.29) is 11.7 Å². The molecule has 32 heavy (non-hydrogen) atoms. The molecule has 166 valence electrons. The maximum Gasteiger partial charge on any atom is 0.331 e. The molecule has 0 bridgehead atoms. The van der Waals surface area contributed by atoms with E-state index >= 15 is 0 Å². The average molecular weight is 461 g/mol. The summed E-state index contributed by atoms with van der Waals surface area (Å²) in [6, 6.07) is 8.14. The molecular formula is C21H18ClFN4O5. The highest BCUT2D eigenvalue weighted by molar-refractivity contribution is 6.31. The number of benzene rings is 1. The first-order chi connectivity index (χ1) is 15.3. The first kappa shape index (κ1) is 22.8. The molecule has 11 heteroatoms. The lowest BCUT2D eigenvalue weighted by Gasteiger charge is -2.05. The topological polar surface area (TPSA) is 115 Å². The van der Waals surface area contributed by atoms with Crippen LogP contribution in [0.15, 0.2) is 53.2 Å². The summed E-state index contributed by atoms with van der Waals surface area (Å²) in [7, 11) is 0. The molecule has 3 rings (SSSR count). The van der Waals surface area contributed by atoms with Crippen LogP contribution in [0.1, 0.15) is 17.0 Å². The van der Waals surface area contributed by atoms with Crippen molar-refractivity contribution in [2.75, 3.05) is 6.61 Å². The summed E-state index contributed by atoms with van der Waals surface area (Å²) in [4.78, 5) is 35.3. The Kier molecular flexibility index (Phi) is 7.40. The minimum Gasteiger partial charge on any atom is -0.467 e. The van der Waals surface area contributed by atoms with E-state index in [0.29, 0.717) is 22.7 Å². The van der Waals surface area contributed by atoms with Gasteiger partial charge in [0.25, 0.3) is 5.91 Å². The van der Waals surface area contributed by atoms with Crippen LogP contribution in [-0.4, -0.2) is 34.3 Å². The lowest BCUT2D eigenvalue weighted by molar-refractivity contribution is -0.143. The molecule has 3 amide bonds. The zero-order chi connectivity index (χ0) is 23.1. The maximum atomic E-state index is 13.1. The molecule has 0 aliphatic heterocycles. The van der Waals surface area contributed by atoms with E-state index in [1.165, 1.54) is 41.3 Å². The van der Waals surface area contributed by atoms with Gasteiger partial charge in [0.1, 0.15) is 16.7 Å². The number of rotatable bonds is 7. The summed E-state index contributed by atoms with van der Waals surface area (Å²) < 4.78 is 24.4. The second-order valence-corrected chi connectivity index (χ2v) is 6.79. The Morgan fingerprint density at radius 2 is 2.00 bits per heavy atom. The van der Waals surface area contributed by atoms with Crippen LogP contribution < -0.4 is 10.6 Å². The number of furan rings is 1. The summed E-state index contributed by atoms with van der Waals surface area (Å²) in [5.41, 5.74) is 1.52. The van der Waals surface area contributed by atoms with Crippen molar-refractivity contribution in [2.24, 2.45) is 0 Å². The normalized spacial score (nSPS) is 10.8. The first-order valence-electron chi connectivity index (χ1n) is 9.29. The number of hydrogen-bond donors (Lipinski definition) is 2. The number of imide groups is 1. The minimum atomic E-state index is -0.818. The molecule has 0 saturated heterocycles. The number of aromatic nitrogens is 2. The Labute approximate surface area is 186 Å². The van der Waals surface area contributed by atoms with Crippen molar-refractivity contribution in [2.45, 2.75) is 13.5 Å². The molecular weight excluding hydrogens is 443 g/mol. The van der Waals surface area contributed by atoms with Crippen molar-refractivity contribution in [3.05, 3.63) is 76.7 Å². The molecule has 0 aliphatic rings. The Morgan fingerprint density at radius 1 is 1.25 bits per heavy atom. The highest BCUT2D eigenvalue weighted by atomic mass is 35.5. The summed E-state index contributed by atoms with van der Waals surface area (Å²) in [5.74, 6) is -1.50. The van der Waals surface area contributed by atoms with Crippen LogP contribution in [0.25, 0.3) is 11.8 Å². The summed E-state index contributed by atoms with van der Waals surface area (Å²) >= 11 is 6.33. The van der Waals surface area contributed by atoms with Crippen LogP contribution in [0.2, 0.25) is 5.15 Å². The van der Waals surface area contributed by atoms with E-state index in [4.69, 9.17) is 20.8 Å². The van der Waals surface area contributed by atoms with Crippen molar-refractivity contribution in [1.82, 2.24) is 20.4 Å². The SMILES string of the molecule is Cc1nn(-c2ccc(F)cc2)c(Cl)c1/C=C/C(=O)OCC(=O)NC(=O)NCc1ccco1. The number of nitrogens with one attached hydrogen (secondary N) is 2. The summed E-state index contributed by atoms with van der Waals surface area (Å²) in [6.07, 6.45) is 3.92. The van der Waals surface area contributed by atoms with Gasteiger partial charge in [-0.1, -0.05) is 11.6 Å². The van der Waals surface area contributed by atoms with Gasteiger partial charge in [0.15, 0.2) is 6.61 Å². The van der Waals surface area contributed by atoms with E-state index in [0.717, 1.165) is 6.08 Å². The number of halogens is 2. The molecule has 2 heterocycles. The molecule has 1 aromatic carbocycles. The fraction of sp³-hybridized carbons (Fsp3) is 0.143. The molecule has 3 aromatic rings.